The number of amides is 1. The summed E-state index contributed by atoms with van der Waals surface area (Å²) in [7, 11) is 8.56. The lowest BCUT2D eigenvalue weighted by Gasteiger charge is -2.33. The highest BCUT2D eigenvalue weighted by Crippen LogP contribution is 2.09. The number of nitrogens with zero attached hydrogens (tertiary/aromatic N) is 2. The molecule has 0 saturated heterocycles. The smallest absolute Gasteiger partial charge is 0.315 e. The molecule has 1 unspecified atom stereocenters. The summed E-state index contributed by atoms with van der Waals surface area (Å²) in [5.74, 6) is 0.281. The number of hydrogen-bond donors (Lipinski definition) is 0. The fourth-order valence-electron chi connectivity index (χ4n) is 2.11. The van der Waals surface area contributed by atoms with Gasteiger partial charge >= 0.3 is 5.91 Å². The standard InChI is InChI=1S/C15H34N2O2.2HI/c1-8-14(16(4,5)6)13-19-12-11-15(18)17(7,9-2)10-3;;/h14H,8-13H2,1-7H3;2*1H/q+2;;/p-2. The van der Waals surface area contributed by atoms with E-state index in [1.54, 1.807) is 0 Å². The van der Waals surface area contributed by atoms with E-state index in [-0.39, 0.29) is 53.9 Å². The zero-order chi connectivity index (χ0) is 15.1. The van der Waals surface area contributed by atoms with Crippen molar-refractivity contribution >= 4 is 5.91 Å². The number of carbonyl (C=O) groups excluding carboxylic acids is 1. The molecule has 0 aliphatic heterocycles. The van der Waals surface area contributed by atoms with Crippen molar-refractivity contribution in [2.45, 2.75) is 39.7 Å². The molecule has 1 atom stereocenters. The van der Waals surface area contributed by atoms with Crippen molar-refractivity contribution in [3.8, 4) is 0 Å². The Morgan fingerprint density at radius 2 is 1.48 bits per heavy atom. The molecule has 4 nitrogen and oxygen atoms in total. The zero-order valence-corrected chi connectivity index (χ0v) is 19.1. The summed E-state index contributed by atoms with van der Waals surface area (Å²) in [5.41, 5.74) is 0. The Kier molecular flexibility index (Phi) is 15.9. The summed E-state index contributed by atoms with van der Waals surface area (Å²) >= 11 is 0. The molecular weight excluding hydrogens is 494 g/mol. The lowest BCUT2D eigenvalue weighted by molar-refractivity contribution is -0.896. The highest BCUT2D eigenvalue weighted by atomic mass is 127. The van der Waals surface area contributed by atoms with Crippen molar-refractivity contribution < 1.29 is 66.5 Å². The topological polar surface area (TPSA) is 26.3 Å². The molecular formula is C15H34I2N2O2. The summed E-state index contributed by atoms with van der Waals surface area (Å²) in [5, 5.41) is 0. The quantitative estimate of drug-likeness (QED) is 0.173. The van der Waals surface area contributed by atoms with Gasteiger partial charge in [0, 0.05) is 0 Å². The van der Waals surface area contributed by atoms with Crippen molar-refractivity contribution in [3.63, 3.8) is 0 Å². The van der Waals surface area contributed by atoms with Crippen LogP contribution in [-0.4, -0.2) is 75.4 Å². The number of rotatable bonds is 9. The van der Waals surface area contributed by atoms with Gasteiger partial charge in [0.25, 0.3) is 0 Å². The third kappa shape index (κ3) is 9.68. The Balaban J connectivity index is -0.00000162. The van der Waals surface area contributed by atoms with Crippen molar-refractivity contribution in [3.05, 3.63) is 0 Å². The predicted molar refractivity (Wildman–Crippen MR) is 79.8 cm³/mol. The van der Waals surface area contributed by atoms with Crippen molar-refractivity contribution in [1.29, 1.82) is 0 Å². The fraction of sp³-hybridized carbons (Fsp3) is 0.933. The largest absolute Gasteiger partial charge is 1.00 e. The Bertz CT molecular complexity index is 277. The number of quaternary nitrogens is 2. The Morgan fingerprint density at radius 1 is 1.00 bits per heavy atom. The minimum atomic E-state index is 0. The molecule has 0 spiro atoms. The average Bonchev–Trinajstić information content (AvgIpc) is 2.35. The van der Waals surface area contributed by atoms with Crippen LogP contribution in [0.25, 0.3) is 0 Å². The third-order valence-electron chi connectivity index (χ3n) is 4.34. The van der Waals surface area contributed by atoms with Crippen LogP contribution in [0.1, 0.15) is 33.6 Å². The van der Waals surface area contributed by atoms with E-state index in [1.165, 1.54) is 0 Å². The van der Waals surface area contributed by atoms with Crippen molar-refractivity contribution in [2.75, 3.05) is 54.5 Å². The van der Waals surface area contributed by atoms with E-state index in [2.05, 4.69) is 41.9 Å². The molecule has 1 amide bonds. The first-order valence-corrected chi connectivity index (χ1v) is 7.48. The summed E-state index contributed by atoms with van der Waals surface area (Å²) in [4.78, 5) is 12.1. The maximum absolute atomic E-state index is 12.1. The number of carbonyl (C=O) groups is 1. The Labute approximate surface area is 165 Å². The van der Waals surface area contributed by atoms with Crippen LogP contribution in [0.5, 0.6) is 0 Å². The number of ether oxygens (including phenoxy) is 1. The van der Waals surface area contributed by atoms with E-state index in [0.717, 1.165) is 30.6 Å². The molecule has 6 heteroatoms. The normalized spacial score (nSPS) is 13.1. The van der Waals surface area contributed by atoms with E-state index >= 15 is 0 Å². The van der Waals surface area contributed by atoms with Crippen LogP contribution < -0.4 is 48.0 Å². The van der Waals surface area contributed by atoms with E-state index in [9.17, 15) is 4.79 Å². The molecule has 0 radical (unpaired) electrons. The minimum absolute atomic E-state index is 0. The lowest BCUT2D eigenvalue weighted by Crippen LogP contribution is -3.00. The van der Waals surface area contributed by atoms with Crippen LogP contribution in [0.4, 0.5) is 0 Å². The first kappa shape index (κ1) is 26.9. The van der Waals surface area contributed by atoms with Crippen LogP contribution in [0, 0.1) is 0 Å². The molecule has 21 heavy (non-hydrogen) atoms. The SMILES string of the molecule is CCC(COCCC(=O)[N+](C)(CC)CC)[N+](C)(C)C.[I-].[I-]. The molecule has 0 rings (SSSR count). The summed E-state index contributed by atoms with van der Waals surface area (Å²) < 4.78 is 7.14. The van der Waals surface area contributed by atoms with Gasteiger partial charge in [0.2, 0.25) is 0 Å². The Hall–Kier alpha value is 1.01. The van der Waals surface area contributed by atoms with Gasteiger partial charge in [-0.05, 0) is 20.3 Å². The van der Waals surface area contributed by atoms with E-state index in [1.807, 2.05) is 7.05 Å². The molecule has 130 valence electrons. The molecule has 0 bridgehead atoms. The molecule has 0 aromatic rings. The van der Waals surface area contributed by atoms with Gasteiger partial charge < -0.3 is 57.2 Å². The van der Waals surface area contributed by atoms with Gasteiger partial charge in [0.05, 0.1) is 60.9 Å². The second-order valence-corrected chi connectivity index (χ2v) is 6.43. The first-order chi connectivity index (χ1) is 8.71. The van der Waals surface area contributed by atoms with Crippen LogP contribution in [0.3, 0.4) is 0 Å². The number of hydrogen-bond acceptors (Lipinski definition) is 2. The van der Waals surface area contributed by atoms with Crippen molar-refractivity contribution in [2.24, 2.45) is 0 Å². The van der Waals surface area contributed by atoms with Gasteiger partial charge in [-0.3, -0.25) is 4.48 Å². The van der Waals surface area contributed by atoms with Crippen LogP contribution in [0.2, 0.25) is 0 Å². The minimum Gasteiger partial charge on any atom is -1.00 e. The van der Waals surface area contributed by atoms with Crippen molar-refractivity contribution in [1.82, 2.24) is 0 Å². The van der Waals surface area contributed by atoms with Gasteiger partial charge in [-0.2, -0.15) is 0 Å². The van der Waals surface area contributed by atoms with Gasteiger partial charge in [0.1, 0.15) is 6.04 Å². The Morgan fingerprint density at radius 3 is 1.81 bits per heavy atom. The lowest BCUT2D eigenvalue weighted by atomic mass is 10.2. The molecule has 0 aromatic carbocycles. The number of halogens is 2. The highest BCUT2D eigenvalue weighted by Gasteiger charge is 2.27. The summed E-state index contributed by atoms with van der Waals surface area (Å²) in [6.07, 6.45) is 1.61. The second-order valence-electron chi connectivity index (χ2n) is 6.43. The van der Waals surface area contributed by atoms with Crippen LogP contribution in [-0.2, 0) is 9.53 Å². The van der Waals surface area contributed by atoms with Gasteiger partial charge in [-0.1, -0.05) is 6.92 Å². The van der Waals surface area contributed by atoms with E-state index in [0.29, 0.717) is 23.6 Å². The summed E-state index contributed by atoms with van der Waals surface area (Å²) in [6, 6.07) is 0.494. The number of likely N-dealkylation sites (N-methyl/N-ethyl adjacent to an activating group) is 1. The summed E-state index contributed by atoms with van der Waals surface area (Å²) in [6.45, 7) is 9.29. The van der Waals surface area contributed by atoms with E-state index in [4.69, 9.17) is 4.74 Å². The molecule has 0 N–H and O–H groups in total. The van der Waals surface area contributed by atoms with Crippen LogP contribution >= 0.6 is 0 Å². The molecule has 0 saturated carbocycles. The van der Waals surface area contributed by atoms with Gasteiger partial charge in [-0.15, -0.1) is 0 Å². The molecule has 0 aliphatic carbocycles. The maximum Gasteiger partial charge on any atom is 0.315 e. The molecule has 0 aliphatic rings. The first-order valence-electron chi connectivity index (χ1n) is 7.48. The maximum atomic E-state index is 12.1. The van der Waals surface area contributed by atoms with Crippen LogP contribution in [0.15, 0.2) is 0 Å². The molecule has 0 heterocycles. The molecule has 0 fully saturated rings. The fourth-order valence-corrected chi connectivity index (χ4v) is 2.11. The third-order valence-corrected chi connectivity index (χ3v) is 4.34. The second kappa shape index (κ2) is 12.4. The zero-order valence-electron chi connectivity index (χ0n) is 14.8. The predicted octanol–water partition coefficient (Wildman–Crippen LogP) is -4.10. The highest BCUT2D eigenvalue weighted by molar-refractivity contribution is 5.68. The average molecular weight is 528 g/mol. The van der Waals surface area contributed by atoms with E-state index < -0.39 is 0 Å². The molecule has 0 aromatic heterocycles. The van der Waals surface area contributed by atoms with Gasteiger partial charge in [0.15, 0.2) is 0 Å². The monoisotopic (exact) mass is 528 g/mol. The van der Waals surface area contributed by atoms with Gasteiger partial charge in [-0.25, -0.2) is 4.79 Å².